The molecule has 16 heavy (non-hydrogen) atoms. The molecule has 0 amide bonds. The lowest BCUT2D eigenvalue weighted by Gasteiger charge is -2.15. The van der Waals surface area contributed by atoms with Crippen LogP contribution in [-0.4, -0.2) is 41.6 Å². The number of sulfonamides is 1. The van der Waals surface area contributed by atoms with E-state index < -0.39 is 10.0 Å². The maximum absolute atomic E-state index is 12.2. The Kier molecular flexibility index (Phi) is 2.95. The van der Waals surface area contributed by atoms with Gasteiger partial charge in [-0.05, 0) is 6.42 Å². The molecule has 0 spiro atoms. The molecule has 90 valence electrons. The normalized spacial score (nSPS) is 22.8. The first-order valence-electron chi connectivity index (χ1n) is 4.86. The molecule has 1 unspecified atom stereocenters. The topological polar surface area (TPSA) is 81.2 Å². The Bertz CT molecular complexity index is 479. The monoisotopic (exact) mass is 264 g/mol. The zero-order valence-corrected chi connectivity index (χ0v) is 10.4. The van der Waals surface area contributed by atoms with Gasteiger partial charge in [0.15, 0.2) is 5.03 Å². The van der Waals surface area contributed by atoms with Crippen LogP contribution in [0.15, 0.2) is 11.2 Å². The van der Waals surface area contributed by atoms with E-state index in [2.05, 4.69) is 5.10 Å². The van der Waals surface area contributed by atoms with Crippen LogP contribution in [0.2, 0.25) is 5.02 Å². The summed E-state index contributed by atoms with van der Waals surface area (Å²) in [6.07, 6.45) is 2.00. The first-order chi connectivity index (χ1) is 7.43. The molecule has 0 aromatic carbocycles. The number of rotatable bonds is 2. The zero-order valence-electron chi connectivity index (χ0n) is 8.80. The van der Waals surface area contributed by atoms with Gasteiger partial charge in [0.25, 0.3) is 10.0 Å². The van der Waals surface area contributed by atoms with Crippen LogP contribution in [0, 0.1) is 0 Å². The maximum Gasteiger partial charge on any atom is 0.261 e. The molecule has 0 saturated carbocycles. The molecular weight excluding hydrogens is 252 g/mol. The quantitative estimate of drug-likeness (QED) is 0.802. The van der Waals surface area contributed by atoms with Crippen molar-refractivity contribution in [1.29, 1.82) is 0 Å². The summed E-state index contributed by atoms with van der Waals surface area (Å²) < 4.78 is 27.0. The van der Waals surface area contributed by atoms with Gasteiger partial charge in [-0.2, -0.15) is 9.40 Å². The average Bonchev–Trinajstić information content (AvgIpc) is 2.74. The highest BCUT2D eigenvalue weighted by molar-refractivity contribution is 7.89. The molecular formula is C8H13ClN4O2S. The summed E-state index contributed by atoms with van der Waals surface area (Å²) >= 11 is 5.82. The third kappa shape index (κ3) is 1.84. The van der Waals surface area contributed by atoms with E-state index in [1.165, 1.54) is 15.2 Å². The standard InChI is InChI=1S/C8H13ClN4O2S/c1-12-8(7(9)4-11-12)16(14,15)13-3-2-6(10)5-13/h4,6H,2-3,5,10H2,1H3. The van der Waals surface area contributed by atoms with E-state index >= 15 is 0 Å². The molecule has 8 heteroatoms. The second-order valence-electron chi connectivity index (χ2n) is 3.83. The largest absolute Gasteiger partial charge is 0.326 e. The van der Waals surface area contributed by atoms with Gasteiger partial charge in [-0.15, -0.1) is 0 Å². The Morgan fingerprint density at radius 1 is 1.62 bits per heavy atom. The van der Waals surface area contributed by atoms with Crippen LogP contribution in [0.5, 0.6) is 0 Å². The first-order valence-corrected chi connectivity index (χ1v) is 6.68. The smallest absolute Gasteiger partial charge is 0.261 e. The van der Waals surface area contributed by atoms with Crippen LogP contribution in [0.25, 0.3) is 0 Å². The molecule has 2 heterocycles. The van der Waals surface area contributed by atoms with E-state index in [1.54, 1.807) is 7.05 Å². The Labute approximate surface area is 99.0 Å². The third-order valence-corrected chi connectivity index (χ3v) is 4.99. The number of aryl methyl sites for hydroxylation is 1. The fourth-order valence-corrected chi connectivity index (χ4v) is 3.90. The van der Waals surface area contributed by atoms with Crippen molar-refractivity contribution in [3.8, 4) is 0 Å². The second kappa shape index (κ2) is 3.99. The summed E-state index contributed by atoms with van der Waals surface area (Å²) in [4.78, 5) is 0. The predicted octanol–water partition coefficient (Wildman–Crippen LogP) is -0.205. The van der Waals surface area contributed by atoms with Gasteiger partial charge in [0, 0.05) is 26.2 Å². The van der Waals surface area contributed by atoms with E-state index in [-0.39, 0.29) is 16.1 Å². The fourth-order valence-electron chi connectivity index (χ4n) is 1.78. The molecule has 1 aromatic rings. The molecule has 0 radical (unpaired) electrons. The lowest BCUT2D eigenvalue weighted by atomic mass is 10.3. The van der Waals surface area contributed by atoms with E-state index in [0.29, 0.717) is 19.5 Å². The second-order valence-corrected chi connectivity index (χ2v) is 6.09. The minimum Gasteiger partial charge on any atom is -0.326 e. The number of hydrogen-bond donors (Lipinski definition) is 1. The number of aromatic nitrogens is 2. The number of nitrogens with zero attached hydrogens (tertiary/aromatic N) is 3. The Balaban J connectivity index is 2.40. The molecule has 2 N–H and O–H groups in total. The molecule has 0 bridgehead atoms. The Hall–Kier alpha value is -0.630. The SMILES string of the molecule is Cn1ncc(Cl)c1S(=O)(=O)N1CCC(N)C1. The molecule has 0 aliphatic carbocycles. The molecule has 1 atom stereocenters. The van der Waals surface area contributed by atoms with Crippen LogP contribution in [0.3, 0.4) is 0 Å². The highest BCUT2D eigenvalue weighted by Gasteiger charge is 2.34. The zero-order chi connectivity index (χ0) is 11.9. The number of halogens is 1. The van der Waals surface area contributed by atoms with Crippen molar-refractivity contribution in [2.75, 3.05) is 13.1 Å². The highest BCUT2D eigenvalue weighted by Crippen LogP contribution is 2.25. The van der Waals surface area contributed by atoms with Crippen LogP contribution in [-0.2, 0) is 17.1 Å². The molecule has 1 aliphatic rings. The third-order valence-electron chi connectivity index (χ3n) is 2.61. The summed E-state index contributed by atoms with van der Waals surface area (Å²) in [6.45, 7) is 0.773. The minimum atomic E-state index is -3.57. The lowest BCUT2D eigenvalue weighted by molar-refractivity contribution is 0.463. The van der Waals surface area contributed by atoms with Crippen molar-refractivity contribution < 1.29 is 8.42 Å². The number of nitrogens with two attached hydrogens (primary N) is 1. The lowest BCUT2D eigenvalue weighted by Crippen LogP contribution is -2.33. The molecule has 1 saturated heterocycles. The summed E-state index contributed by atoms with van der Waals surface area (Å²) in [6, 6.07) is -0.0956. The highest BCUT2D eigenvalue weighted by atomic mass is 35.5. The van der Waals surface area contributed by atoms with Gasteiger partial charge >= 0.3 is 0 Å². The van der Waals surface area contributed by atoms with Gasteiger partial charge in [-0.1, -0.05) is 11.6 Å². The summed E-state index contributed by atoms with van der Waals surface area (Å²) in [5.74, 6) is 0. The van der Waals surface area contributed by atoms with Crippen molar-refractivity contribution in [2.45, 2.75) is 17.5 Å². The van der Waals surface area contributed by atoms with Crippen molar-refractivity contribution in [1.82, 2.24) is 14.1 Å². The van der Waals surface area contributed by atoms with Gasteiger partial charge in [0.2, 0.25) is 0 Å². The molecule has 1 aromatic heterocycles. The maximum atomic E-state index is 12.2. The summed E-state index contributed by atoms with van der Waals surface area (Å²) in [5, 5.41) is 3.99. The van der Waals surface area contributed by atoms with Gasteiger partial charge in [-0.25, -0.2) is 8.42 Å². The van der Waals surface area contributed by atoms with Crippen molar-refractivity contribution >= 4 is 21.6 Å². The molecule has 1 aliphatic heterocycles. The minimum absolute atomic E-state index is 0.0308. The van der Waals surface area contributed by atoms with Crippen LogP contribution < -0.4 is 5.73 Å². The van der Waals surface area contributed by atoms with Crippen molar-refractivity contribution in [3.63, 3.8) is 0 Å². The summed E-state index contributed by atoms with van der Waals surface area (Å²) in [7, 11) is -2.02. The van der Waals surface area contributed by atoms with E-state index in [4.69, 9.17) is 17.3 Å². The average molecular weight is 265 g/mol. The van der Waals surface area contributed by atoms with Crippen LogP contribution >= 0.6 is 11.6 Å². The predicted molar refractivity (Wildman–Crippen MR) is 59.6 cm³/mol. The molecule has 2 rings (SSSR count). The Morgan fingerprint density at radius 3 is 2.75 bits per heavy atom. The van der Waals surface area contributed by atoms with Crippen LogP contribution in [0.1, 0.15) is 6.42 Å². The van der Waals surface area contributed by atoms with Crippen molar-refractivity contribution in [3.05, 3.63) is 11.2 Å². The van der Waals surface area contributed by atoms with Gasteiger partial charge in [0.05, 0.1) is 11.2 Å². The Morgan fingerprint density at radius 2 is 2.31 bits per heavy atom. The van der Waals surface area contributed by atoms with Gasteiger partial charge in [-0.3, -0.25) is 4.68 Å². The first kappa shape index (κ1) is 11.8. The van der Waals surface area contributed by atoms with Crippen molar-refractivity contribution in [2.24, 2.45) is 12.8 Å². The molecule has 1 fully saturated rings. The molecule has 6 nitrogen and oxygen atoms in total. The van der Waals surface area contributed by atoms with E-state index in [9.17, 15) is 8.42 Å². The fraction of sp³-hybridized carbons (Fsp3) is 0.625. The number of hydrogen-bond acceptors (Lipinski definition) is 4. The van der Waals surface area contributed by atoms with Crippen LogP contribution in [0.4, 0.5) is 0 Å². The van der Waals surface area contributed by atoms with Gasteiger partial charge in [0.1, 0.15) is 0 Å². The van der Waals surface area contributed by atoms with Gasteiger partial charge < -0.3 is 5.73 Å². The van der Waals surface area contributed by atoms with E-state index in [0.717, 1.165) is 0 Å². The van der Waals surface area contributed by atoms with E-state index in [1.807, 2.05) is 0 Å². The summed E-state index contributed by atoms with van der Waals surface area (Å²) in [5.41, 5.74) is 5.69.